The van der Waals surface area contributed by atoms with E-state index in [-0.39, 0.29) is 31.0 Å². The second-order valence-electron chi connectivity index (χ2n) is 10.2. The molecule has 0 unspecified atom stereocenters. The molecule has 202 valence electrons. The van der Waals surface area contributed by atoms with E-state index in [2.05, 4.69) is 41.4 Å². The molecule has 1 aliphatic heterocycles. The number of aromatic nitrogens is 4. The second kappa shape index (κ2) is 11.1. The highest BCUT2D eigenvalue weighted by Crippen LogP contribution is 2.37. The van der Waals surface area contributed by atoms with Gasteiger partial charge in [-0.3, -0.25) is 5.10 Å². The Bertz CT molecular complexity index is 1050. The smallest absolute Gasteiger partial charge is 0.380 e. The zero-order valence-corrected chi connectivity index (χ0v) is 20.5. The van der Waals surface area contributed by atoms with Crippen LogP contribution < -0.4 is 21.3 Å². The van der Waals surface area contributed by atoms with Crippen molar-refractivity contribution in [3.05, 3.63) is 24.0 Å². The van der Waals surface area contributed by atoms with Crippen LogP contribution in [0.25, 0.3) is 0 Å². The molecule has 3 heterocycles. The minimum atomic E-state index is -4.20. The van der Waals surface area contributed by atoms with Crippen LogP contribution in [0.5, 0.6) is 0 Å². The number of rotatable bonds is 7. The third-order valence-corrected chi connectivity index (χ3v) is 7.46. The van der Waals surface area contributed by atoms with Crippen molar-refractivity contribution in [2.75, 3.05) is 23.8 Å². The first-order chi connectivity index (χ1) is 17.8. The van der Waals surface area contributed by atoms with E-state index in [1.54, 1.807) is 12.3 Å². The standard InChI is InChI=1S/C24H33F3N8O2/c25-24(26,27)15-2-1-3-18(10-15)31-23(36)30-17-6-4-16(5-7-17)29-22-28-9-8-20(33-22)32-21-11-19(34-35-21)14-12-37-13-14/h8-9,11,14-18H,1-7,10,12-13H2,(H2,30,31,36)(H3,28,29,32,33,34,35)/t15-,16?,17?,18+/m0/s1. The number of nitrogens with zero attached hydrogens (tertiary/aromatic N) is 3. The molecule has 0 spiro atoms. The number of hydrogen-bond donors (Lipinski definition) is 5. The lowest BCUT2D eigenvalue weighted by Crippen LogP contribution is -2.49. The zero-order valence-electron chi connectivity index (χ0n) is 20.5. The summed E-state index contributed by atoms with van der Waals surface area (Å²) in [6, 6.07) is 3.07. The summed E-state index contributed by atoms with van der Waals surface area (Å²) in [6.07, 6.45) is 1.80. The highest BCUT2D eigenvalue weighted by Gasteiger charge is 2.42. The van der Waals surface area contributed by atoms with E-state index < -0.39 is 18.1 Å². The lowest BCUT2D eigenvalue weighted by Gasteiger charge is -2.33. The summed E-state index contributed by atoms with van der Waals surface area (Å²) in [5, 5.41) is 19.6. The molecule has 2 atom stereocenters. The molecule has 13 heteroatoms. The van der Waals surface area contributed by atoms with Crippen LogP contribution in [0, 0.1) is 5.92 Å². The number of amides is 2. The molecular weight excluding hydrogens is 489 g/mol. The fourth-order valence-electron chi connectivity index (χ4n) is 5.25. The minimum Gasteiger partial charge on any atom is -0.380 e. The minimum absolute atomic E-state index is 0.0103. The largest absolute Gasteiger partial charge is 0.391 e. The van der Waals surface area contributed by atoms with Crippen LogP contribution in [0.4, 0.5) is 35.5 Å². The number of nitrogens with one attached hydrogen (secondary N) is 5. The first-order valence-corrected chi connectivity index (χ1v) is 12.9. The average Bonchev–Trinajstić information content (AvgIpc) is 3.26. The predicted molar refractivity (Wildman–Crippen MR) is 131 cm³/mol. The van der Waals surface area contributed by atoms with Crippen LogP contribution in [0.15, 0.2) is 18.3 Å². The SMILES string of the molecule is O=C(NC1CCC(Nc2nccc(Nc3cc(C4COC4)[nH]n3)n2)CC1)N[C@@H]1CCC[C@H](C(F)(F)F)C1. The van der Waals surface area contributed by atoms with E-state index in [4.69, 9.17) is 4.74 Å². The maximum atomic E-state index is 13.0. The number of hydrogen-bond acceptors (Lipinski definition) is 7. The number of aromatic amines is 1. The highest BCUT2D eigenvalue weighted by atomic mass is 19.4. The molecule has 2 aliphatic carbocycles. The Kier molecular flexibility index (Phi) is 7.68. The Morgan fingerprint density at radius 2 is 1.76 bits per heavy atom. The molecule has 2 saturated carbocycles. The summed E-state index contributed by atoms with van der Waals surface area (Å²) in [4.78, 5) is 21.2. The summed E-state index contributed by atoms with van der Waals surface area (Å²) in [5.41, 5.74) is 1.03. The van der Waals surface area contributed by atoms with Gasteiger partial charge in [-0.25, -0.2) is 9.78 Å². The number of halogens is 3. The van der Waals surface area contributed by atoms with Gasteiger partial charge in [0.2, 0.25) is 5.95 Å². The van der Waals surface area contributed by atoms with Gasteiger partial charge in [0, 0.05) is 42.0 Å². The molecular formula is C24H33F3N8O2. The predicted octanol–water partition coefficient (Wildman–Crippen LogP) is 4.20. The number of urea groups is 1. The van der Waals surface area contributed by atoms with Crippen molar-refractivity contribution < 1.29 is 22.7 Å². The molecule has 5 rings (SSSR count). The van der Waals surface area contributed by atoms with Crippen molar-refractivity contribution in [1.29, 1.82) is 0 Å². The Balaban J connectivity index is 1.04. The molecule has 37 heavy (non-hydrogen) atoms. The maximum absolute atomic E-state index is 13.0. The summed E-state index contributed by atoms with van der Waals surface area (Å²) in [7, 11) is 0. The Morgan fingerprint density at radius 3 is 2.49 bits per heavy atom. The lowest BCUT2D eigenvalue weighted by atomic mass is 9.85. The summed E-state index contributed by atoms with van der Waals surface area (Å²) in [5.74, 6) is 0.846. The number of carbonyl (C=O) groups is 1. The Labute approximate surface area is 212 Å². The van der Waals surface area contributed by atoms with Crippen molar-refractivity contribution in [2.24, 2.45) is 5.92 Å². The highest BCUT2D eigenvalue weighted by molar-refractivity contribution is 5.74. The first kappa shape index (κ1) is 25.6. The maximum Gasteiger partial charge on any atom is 0.391 e. The van der Waals surface area contributed by atoms with Crippen molar-refractivity contribution in [1.82, 2.24) is 30.8 Å². The second-order valence-corrected chi connectivity index (χ2v) is 10.2. The normalized spacial score (nSPS) is 26.7. The molecule has 3 fully saturated rings. The van der Waals surface area contributed by atoms with Crippen molar-refractivity contribution >= 4 is 23.6 Å². The van der Waals surface area contributed by atoms with Gasteiger partial charge in [-0.1, -0.05) is 6.42 Å². The van der Waals surface area contributed by atoms with E-state index in [1.807, 2.05) is 6.07 Å². The van der Waals surface area contributed by atoms with Gasteiger partial charge in [-0.05, 0) is 51.0 Å². The number of H-pyrrole nitrogens is 1. The van der Waals surface area contributed by atoms with Gasteiger partial charge < -0.3 is 26.0 Å². The van der Waals surface area contributed by atoms with Crippen molar-refractivity contribution in [2.45, 2.75) is 81.6 Å². The molecule has 2 aromatic heterocycles. The van der Waals surface area contributed by atoms with Crippen molar-refractivity contribution in [3.8, 4) is 0 Å². The molecule has 0 bridgehead atoms. The van der Waals surface area contributed by atoms with E-state index in [0.717, 1.165) is 31.4 Å². The number of carbonyl (C=O) groups excluding carboxylic acids is 1. The number of ether oxygens (including phenoxy) is 1. The molecule has 0 radical (unpaired) electrons. The fourth-order valence-corrected chi connectivity index (χ4v) is 5.25. The summed E-state index contributed by atoms with van der Waals surface area (Å²) < 4.78 is 44.3. The quantitative estimate of drug-likeness (QED) is 0.369. The van der Waals surface area contributed by atoms with E-state index in [0.29, 0.717) is 49.6 Å². The van der Waals surface area contributed by atoms with Gasteiger partial charge in [-0.15, -0.1) is 0 Å². The third-order valence-electron chi connectivity index (χ3n) is 7.46. The molecule has 5 N–H and O–H groups in total. The molecule has 2 aromatic rings. The van der Waals surface area contributed by atoms with Crippen LogP contribution in [-0.4, -0.2) is 63.7 Å². The number of alkyl halides is 3. The van der Waals surface area contributed by atoms with Gasteiger partial charge in [0.15, 0.2) is 5.82 Å². The van der Waals surface area contributed by atoms with Crippen LogP contribution in [0.2, 0.25) is 0 Å². The van der Waals surface area contributed by atoms with Crippen LogP contribution >= 0.6 is 0 Å². The Hall–Kier alpha value is -3.09. The molecule has 2 amide bonds. The van der Waals surface area contributed by atoms with E-state index in [1.165, 1.54) is 0 Å². The molecule has 0 aromatic carbocycles. The van der Waals surface area contributed by atoms with Gasteiger partial charge in [0.1, 0.15) is 5.82 Å². The van der Waals surface area contributed by atoms with E-state index in [9.17, 15) is 18.0 Å². The van der Waals surface area contributed by atoms with Gasteiger partial charge >= 0.3 is 12.2 Å². The third kappa shape index (κ3) is 6.82. The molecule has 10 nitrogen and oxygen atoms in total. The fraction of sp³-hybridized carbons (Fsp3) is 0.667. The van der Waals surface area contributed by atoms with Gasteiger partial charge in [0.05, 0.1) is 19.1 Å². The molecule has 1 saturated heterocycles. The van der Waals surface area contributed by atoms with Crippen LogP contribution in [0.3, 0.4) is 0 Å². The molecule has 3 aliphatic rings. The monoisotopic (exact) mass is 522 g/mol. The summed E-state index contributed by atoms with van der Waals surface area (Å²) >= 11 is 0. The van der Waals surface area contributed by atoms with Gasteiger partial charge in [0.25, 0.3) is 0 Å². The summed E-state index contributed by atoms with van der Waals surface area (Å²) in [6.45, 7) is 1.41. The topological polar surface area (TPSA) is 129 Å². The van der Waals surface area contributed by atoms with Gasteiger partial charge in [-0.2, -0.15) is 23.3 Å². The lowest BCUT2D eigenvalue weighted by molar-refractivity contribution is -0.183. The zero-order chi connectivity index (χ0) is 25.8. The van der Waals surface area contributed by atoms with Crippen molar-refractivity contribution in [3.63, 3.8) is 0 Å². The van der Waals surface area contributed by atoms with Crippen LogP contribution in [0.1, 0.15) is 63.0 Å². The van der Waals surface area contributed by atoms with Crippen LogP contribution in [-0.2, 0) is 4.74 Å². The Morgan fingerprint density at radius 1 is 1.00 bits per heavy atom. The first-order valence-electron chi connectivity index (χ1n) is 12.9. The van der Waals surface area contributed by atoms with E-state index >= 15 is 0 Å². The average molecular weight is 523 g/mol. The number of anilines is 3.